The Morgan fingerprint density at radius 3 is 1.50 bits per heavy atom. The van der Waals surface area contributed by atoms with Crippen LogP contribution < -0.4 is 21.7 Å². The minimum absolute atomic E-state index is 0.825. The third-order valence-electron chi connectivity index (χ3n) is 3.55. The molecule has 4 heteroatoms. The zero-order chi connectivity index (χ0) is 14.7. The Bertz CT molecular complexity index is 147. The van der Waals surface area contributed by atoms with Gasteiger partial charge in [0.2, 0.25) is 0 Å². The maximum Gasteiger partial charge on any atom is -0.00368 e. The first-order valence-electron chi connectivity index (χ1n) is 8.68. The number of hydrogen-bond donors (Lipinski definition) is 4. The zero-order valence-electron chi connectivity index (χ0n) is 13.7. The van der Waals surface area contributed by atoms with Gasteiger partial charge in [-0.1, -0.05) is 25.7 Å². The summed E-state index contributed by atoms with van der Waals surface area (Å²) in [6.07, 6.45) is 11.8. The largest absolute Gasteiger partial charge is 0.330 e. The summed E-state index contributed by atoms with van der Waals surface area (Å²) in [5, 5.41) is 10.1. The van der Waals surface area contributed by atoms with E-state index in [1.807, 2.05) is 7.05 Å². The van der Waals surface area contributed by atoms with Gasteiger partial charge >= 0.3 is 0 Å². The Morgan fingerprint density at radius 2 is 1.00 bits per heavy atom. The van der Waals surface area contributed by atoms with Gasteiger partial charge in [0.25, 0.3) is 0 Å². The smallest absolute Gasteiger partial charge is 0.00368 e. The molecule has 0 aliphatic rings. The van der Waals surface area contributed by atoms with Gasteiger partial charge in [-0.2, -0.15) is 0 Å². The van der Waals surface area contributed by atoms with E-state index in [0.29, 0.717) is 0 Å². The molecule has 0 heterocycles. The van der Waals surface area contributed by atoms with E-state index in [-0.39, 0.29) is 0 Å². The van der Waals surface area contributed by atoms with E-state index >= 15 is 0 Å². The van der Waals surface area contributed by atoms with E-state index in [1.165, 1.54) is 64.5 Å². The molecule has 0 radical (unpaired) electrons. The number of nitrogens with two attached hydrogens (primary N) is 1. The molecular formula is C16H38N4. The van der Waals surface area contributed by atoms with E-state index in [9.17, 15) is 0 Å². The van der Waals surface area contributed by atoms with Crippen molar-refractivity contribution in [2.75, 3.05) is 46.3 Å². The van der Waals surface area contributed by atoms with Gasteiger partial charge in [0.05, 0.1) is 0 Å². The summed E-state index contributed by atoms with van der Waals surface area (Å²) < 4.78 is 0. The summed E-state index contributed by atoms with van der Waals surface area (Å²) in [7, 11) is 2.01. The Labute approximate surface area is 126 Å². The third-order valence-corrected chi connectivity index (χ3v) is 3.55. The number of nitrogens with one attached hydrogen (secondary N) is 3. The summed E-state index contributed by atoms with van der Waals surface area (Å²) in [4.78, 5) is 0. The van der Waals surface area contributed by atoms with Crippen LogP contribution in [0.25, 0.3) is 0 Å². The van der Waals surface area contributed by atoms with Crippen LogP contribution in [0, 0.1) is 0 Å². The van der Waals surface area contributed by atoms with Crippen LogP contribution in [0.2, 0.25) is 0 Å². The monoisotopic (exact) mass is 286 g/mol. The van der Waals surface area contributed by atoms with Crippen molar-refractivity contribution in [1.29, 1.82) is 0 Å². The molecule has 0 aliphatic carbocycles. The fourth-order valence-electron chi connectivity index (χ4n) is 2.24. The summed E-state index contributed by atoms with van der Waals surface area (Å²) in [6.45, 7) is 6.59. The molecule has 20 heavy (non-hydrogen) atoms. The van der Waals surface area contributed by atoms with Crippen LogP contribution >= 0.6 is 0 Å². The number of rotatable bonds is 17. The van der Waals surface area contributed by atoms with Crippen LogP contribution in [-0.2, 0) is 0 Å². The highest BCUT2D eigenvalue weighted by atomic mass is 14.9. The lowest BCUT2D eigenvalue weighted by atomic mass is 10.1. The normalized spacial score (nSPS) is 11.1. The van der Waals surface area contributed by atoms with Crippen molar-refractivity contribution in [3.05, 3.63) is 0 Å². The molecule has 0 aliphatic heterocycles. The second-order valence-corrected chi connectivity index (χ2v) is 5.57. The first-order valence-corrected chi connectivity index (χ1v) is 8.68. The molecule has 0 amide bonds. The van der Waals surface area contributed by atoms with Gasteiger partial charge in [0, 0.05) is 0 Å². The fraction of sp³-hybridized carbons (Fsp3) is 1.00. The van der Waals surface area contributed by atoms with E-state index in [0.717, 1.165) is 32.6 Å². The lowest BCUT2D eigenvalue weighted by Gasteiger charge is -2.05. The van der Waals surface area contributed by atoms with Gasteiger partial charge in [-0.15, -0.1) is 0 Å². The molecule has 0 rings (SSSR count). The van der Waals surface area contributed by atoms with Crippen molar-refractivity contribution in [3.8, 4) is 0 Å². The molecular weight excluding hydrogens is 248 g/mol. The molecule has 122 valence electrons. The Kier molecular flexibility index (Phi) is 18.7. The predicted molar refractivity (Wildman–Crippen MR) is 90.3 cm³/mol. The van der Waals surface area contributed by atoms with Crippen molar-refractivity contribution < 1.29 is 0 Å². The van der Waals surface area contributed by atoms with Crippen molar-refractivity contribution in [3.63, 3.8) is 0 Å². The molecule has 0 unspecified atom stereocenters. The Balaban J connectivity index is 2.89. The topological polar surface area (TPSA) is 62.1 Å². The van der Waals surface area contributed by atoms with Gasteiger partial charge in [-0.05, 0) is 78.4 Å². The van der Waals surface area contributed by atoms with Crippen LogP contribution in [0.4, 0.5) is 0 Å². The summed E-state index contributed by atoms with van der Waals surface area (Å²) in [6, 6.07) is 0. The quantitative estimate of drug-likeness (QED) is 0.308. The lowest BCUT2D eigenvalue weighted by Crippen LogP contribution is -2.20. The average molecular weight is 287 g/mol. The minimum atomic E-state index is 0.825. The van der Waals surface area contributed by atoms with Gasteiger partial charge in [-0.3, -0.25) is 0 Å². The van der Waals surface area contributed by atoms with Crippen molar-refractivity contribution in [1.82, 2.24) is 16.0 Å². The van der Waals surface area contributed by atoms with Gasteiger partial charge < -0.3 is 21.7 Å². The molecule has 0 spiro atoms. The second kappa shape index (κ2) is 18.8. The molecule has 0 fully saturated rings. The van der Waals surface area contributed by atoms with E-state index in [1.54, 1.807) is 0 Å². The highest BCUT2D eigenvalue weighted by Gasteiger charge is 1.93. The van der Waals surface area contributed by atoms with Crippen LogP contribution in [0.15, 0.2) is 0 Å². The average Bonchev–Trinajstić information content (AvgIpc) is 2.47. The first kappa shape index (κ1) is 19.8. The Morgan fingerprint density at radius 1 is 0.550 bits per heavy atom. The molecule has 0 saturated carbocycles. The van der Waals surface area contributed by atoms with Crippen LogP contribution in [0.5, 0.6) is 0 Å². The number of unbranched alkanes of at least 4 members (excludes halogenated alkanes) is 6. The maximum atomic E-state index is 5.45. The molecule has 0 aromatic heterocycles. The minimum Gasteiger partial charge on any atom is -0.330 e. The molecule has 0 aromatic rings. The van der Waals surface area contributed by atoms with Crippen molar-refractivity contribution in [2.45, 2.75) is 57.8 Å². The van der Waals surface area contributed by atoms with Crippen molar-refractivity contribution >= 4 is 0 Å². The molecule has 5 N–H and O–H groups in total. The molecule has 0 bridgehead atoms. The summed E-state index contributed by atoms with van der Waals surface area (Å²) in [5.41, 5.74) is 5.45. The molecule has 4 nitrogen and oxygen atoms in total. The fourth-order valence-corrected chi connectivity index (χ4v) is 2.24. The second-order valence-electron chi connectivity index (χ2n) is 5.57. The molecule has 0 saturated heterocycles. The van der Waals surface area contributed by atoms with Crippen molar-refractivity contribution in [2.24, 2.45) is 5.73 Å². The molecule has 0 aromatic carbocycles. The molecule has 0 atom stereocenters. The van der Waals surface area contributed by atoms with E-state index in [2.05, 4.69) is 16.0 Å². The first-order chi connectivity index (χ1) is 9.91. The predicted octanol–water partition coefficient (Wildman–Crippen LogP) is 1.85. The zero-order valence-corrected chi connectivity index (χ0v) is 13.7. The highest BCUT2D eigenvalue weighted by molar-refractivity contribution is 4.53. The maximum absolute atomic E-state index is 5.45. The SMILES string of the molecule is CNCCCNCCCCCCCCNCCCCN. The summed E-state index contributed by atoms with van der Waals surface area (Å²) in [5.74, 6) is 0. The standard InChI is InChI=1S/C16H38N4/c1-18-12-10-16-20-14-8-5-3-2-4-7-13-19-15-9-6-11-17/h18-20H,2-17H2,1H3. The lowest BCUT2D eigenvalue weighted by molar-refractivity contribution is 0.540. The van der Waals surface area contributed by atoms with Gasteiger partial charge in [0.1, 0.15) is 0 Å². The van der Waals surface area contributed by atoms with Crippen LogP contribution in [-0.4, -0.2) is 46.3 Å². The summed E-state index contributed by atoms with van der Waals surface area (Å²) >= 11 is 0. The van der Waals surface area contributed by atoms with E-state index in [4.69, 9.17) is 5.73 Å². The Hall–Kier alpha value is -0.160. The van der Waals surface area contributed by atoms with Crippen LogP contribution in [0.1, 0.15) is 57.8 Å². The van der Waals surface area contributed by atoms with Gasteiger partial charge in [0.15, 0.2) is 0 Å². The van der Waals surface area contributed by atoms with E-state index < -0.39 is 0 Å². The van der Waals surface area contributed by atoms with Gasteiger partial charge in [-0.25, -0.2) is 0 Å². The third kappa shape index (κ3) is 17.8. The highest BCUT2D eigenvalue weighted by Crippen LogP contribution is 2.04. The number of hydrogen-bond acceptors (Lipinski definition) is 4. The van der Waals surface area contributed by atoms with Crippen LogP contribution in [0.3, 0.4) is 0 Å².